The Balaban J connectivity index is 1.99. The van der Waals surface area contributed by atoms with Crippen LogP contribution in [0, 0.1) is 11.6 Å². The Kier molecular flexibility index (Phi) is 6.66. The Morgan fingerprint density at radius 3 is 2.38 bits per heavy atom. The summed E-state index contributed by atoms with van der Waals surface area (Å²) in [4.78, 5) is 26.9. The number of aliphatic hydroxyl groups excluding tert-OH is 1. The van der Waals surface area contributed by atoms with Gasteiger partial charge in [0.1, 0.15) is 5.75 Å². The summed E-state index contributed by atoms with van der Waals surface area (Å²) in [5.41, 5.74) is 0.594. The Bertz CT molecular complexity index is 960. The molecule has 1 aliphatic rings. The van der Waals surface area contributed by atoms with E-state index in [-0.39, 0.29) is 28.5 Å². The Hall–Kier alpha value is -2.71. The van der Waals surface area contributed by atoms with Crippen LogP contribution in [0.5, 0.6) is 5.75 Å². The summed E-state index contributed by atoms with van der Waals surface area (Å²) in [7, 11) is 0. The van der Waals surface area contributed by atoms with E-state index in [0.29, 0.717) is 17.9 Å². The molecule has 0 saturated carbocycles. The summed E-state index contributed by atoms with van der Waals surface area (Å²) >= 11 is 1.04. The van der Waals surface area contributed by atoms with E-state index in [1.807, 2.05) is 6.92 Å². The van der Waals surface area contributed by atoms with Crippen molar-refractivity contribution in [1.29, 1.82) is 0 Å². The van der Waals surface area contributed by atoms with E-state index in [9.17, 15) is 18.4 Å². The third kappa shape index (κ3) is 4.33. The quantitative estimate of drug-likeness (QED) is 0.660. The van der Waals surface area contributed by atoms with Crippen molar-refractivity contribution in [3.05, 3.63) is 64.6 Å². The summed E-state index contributed by atoms with van der Waals surface area (Å²) in [6.07, 6.45) is 0.852. The first-order chi connectivity index (χ1) is 14.0. The minimum absolute atomic E-state index is 0.0566. The summed E-state index contributed by atoms with van der Waals surface area (Å²) in [5, 5.41) is 9.14. The number of ether oxygens (including phenoxy) is 1. The molecule has 3 rings (SSSR count). The number of rotatable bonds is 8. The van der Waals surface area contributed by atoms with Gasteiger partial charge in [-0.1, -0.05) is 19.1 Å². The lowest BCUT2D eigenvalue weighted by Crippen LogP contribution is -2.31. The number of benzene rings is 2. The molecule has 0 aromatic heterocycles. The third-order valence-electron chi connectivity index (χ3n) is 4.16. The average Bonchev–Trinajstić information content (AvgIpc) is 2.97. The van der Waals surface area contributed by atoms with Gasteiger partial charge in [-0.2, -0.15) is 0 Å². The molecule has 0 radical (unpaired) electrons. The van der Waals surface area contributed by atoms with Crippen molar-refractivity contribution in [2.24, 2.45) is 0 Å². The second-order valence-corrected chi connectivity index (χ2v) is 7.30. The van der Waals surface area contributed by atoms with Crippen molar-refractivity contribution in [2.75, 3.05) is 23.9 Å². The van der Waals surface area contributed by atoms with Crippen LogP contribution in [0.25, 0.3) is 5.57 Å². The van der Waals surface area contributed by atoms with Gasteiger partial charge in [0, 0.05) is 11.8 Å². The van der Waals surface area contributed by atoms with E-state index in [0.717, 1.165) is 35.2 Å². The molecule has 5 nitrogen and oxygen atoms in total. The molecule has 2 amide bonds. The zero-order valence-electron chi connectivity index (χ0n) is 15.7. The fourth-order valence-corrected chi connectivity index (χ4v) is 3.70. The molecule has 0 fully saturated rings. The van der Waals surface area contributed by atoms with Crippen LogP contribution in [0.3, 0.4) is 0 Å². The molecule has 0 saturated heterocycles. The predicted octanol–water partition coefficient (Wildman–Crippen LogP) is 3.76. The Labute approximate surface area is 171 Å². The predicted molar refractivity (Wildman–Crippen MR) is 108 cm³/mol. The average molecular weight is 419 g/mol. The topological polar surface area (TPSA) is 66.8 Å². The molecule has 29 heavy (non-hydrogen) atoms. The maximum atomic E-state index is 13.7. The number of carbonyl (C=O) groups is 2. The number of hydrogen-bond donors (Lipinski definition) is 1. The van der Waals surface area contributed by atoms with E-state index < -0.39 is 23.4 Å². The van der Waals surface area contributed by atoms with E-state index in [1.165, 1.54) is 6.07 Å². The lowest BCUT2D eigenvalue weighted by molar-refractivity contribution is -0.119. The van der Waals surface area contributed by atoms with Crippen LogP contribution >= 0.6 is 11.8 Å². The van der Waals surface area contributed by atoms with Crippen molar-refractivity contribution in [3.8, 4) is 5.75 Å². The fraction of sp³-hybridized carbons (Fsp3) is 0.238. The summed E-state index contributed by atoms with van der Waals surface area (Å²) in [6.45, 7) is 2.36. The number of hydrogen-bond acceptors (Lipinski definition) is 5. The fourth-order valence-electron chi connectivity index (χ4n) is 2.84. The number of anilines is 1. The van der Waals surface area contributed by atoms with Gasteiger partial charge in [0.15, 0.2) is 11.6 Å². The van der Waals surface area contributed by atoms with Crippen molar-refractivity contribution in [3.63, 3.8) is 0 Å². The van der Waals surface area contributed by atoms with Gasteiger partial charge in [-0.25, -0.2) is 13.7 Å². The molecule has 0 spiro atoms. The molecule has 2 aromatic rings. The highest BCUT2D eigenvalue weighted by atomic mass is 32.2. The van der Waals surface area contributed by atoms with Crippen LogP contribution in [-0.4, -0.2) is 35.9 Å². The van der Waals surface area contributed by atoms with Gasteiger partial charge in [0.2, 0.25) is 0 Å². The molecule has 1 N–H and O–H groups in total. The van der Waals surface area contributed by atoms with E-state index in [4.69, 9.17) is 9.84 Å². The number of nitrogens with zero attached hydrogens (tertiary/aromatic N) is 1. The van der Waals surface area contributed by atoms with Gasteiger partial charge < -0.3 is 9.84 Å². The summed E-state index contributed by atoms with van der Waals surface area (Å²) in [5.74, 6) is -2.65. The molecule has 0 atom stereocenters. The molecule has 1 aliphatic heterocycles. The standard InChI is InChI=1S/C21H19F2NO4S/c1-2-10-28-15-6-3-13(4-7-15)18-19(29-11-9-25)21(27)24(20(18)26)14-5-8-16(22)17(23)12-14/h3-8,12,25H,2,9-11H2,1H3. The number of amides is 2. The van der Waals surface area contributed by atoms with Crippen molar-refractivity contribution < 1.29 is 28.2 Å². The molecule has 0 unspecified atom stereocenters. The maximum Gasteiger partial charge on any atom is 0.272 e. The lowest BCUT2D eigenvalue weighted by atomic mass is 10.1. The normalized spacial score (nSPS) is 14.1. The first-order valence-corrected chi connectivity index (χ1v) is 10.0. The van der Waals surface area contributed by atoms with Crippen LogP contribution in [0.2, 0.25) is 0 Å². The van der Waals surface area contributed by atoms with Gasteiger partial charge in [-0.05, 0) is 36.2 Å². The first kappa shape index (κ1) is 21.0. The third-order valence-corrected chi connectivity index (χ3v) is 5.21. The number of imide groups is 1. The minimum Gasteiger partial charge on any atom is -0.494 e. The highest BCUT2D eigenvalue weighted by Gasteiger charge is 2.40. The maximum absolute atomic E-state index is 13.7. The first-order valence-electron chi connectivity index (χ1n) is 9.03. The van der Waals surface area contributed by atoms with Gasteiger partial charge in [0.25, 0.3) is 11.8 Å². The Morgan fingerprint density at radius 2 is 1.76 bits per heavy atom. The highest BCUT2D eigenvalue weighted by Crippen LogP contribution is 2.39. The molecule has 0 aliphatic carbocycles. The number of aliphatic hydroxyl groups is 1. The second kappa shape index (κ2) is 9.19. The highest BCUT2D eigenvalue weighted by molar-refractivity contribution is 8.04. The largest absolute Gasteiger partial charge is 0.494 e. The molecule has 0 bridgehead atoms. The molecular formula is C21H19F2NO4S. The zero-order valence-corrected chi connectivity index (χ0v) is 16.5. The molecule has 152 valence electrons. The molecule has 2 aromatic carbocycles. The van der Waals surface area contributed by atoms with E-state index in [2.05, 4.69) is 0 Å². The smallest absolute Gasteiger partial charge is 0.272 e. The van der Waals surface area contributed by atoms with Crippen molar-refractivity contribution >= 4 is 34.8 Å². The minimum atomic E-state index is -1.15. The van der Waals surface area contributed by atoms with Gasteiger partial charge in [-0.15, -0.1) is 11.8 Å². The van der Waals surface area contributed by atoms with E-state index >= 15 is 0 Å². The van der Waals surface area contributed by atoms with Crippen LogP contribution in [0.4, 0.5) is 14.5 Å². The number of thioether (sulfide) groups is 1. The van der Waals surface area contributed by atoms with Crippen LogP contribution < -0.4 is 9.64 Å². The van der Waals surface area contributed by atoms with Crippen LogP contribution in [0.15, 0.2) is 47.4 Å². The van der Waals surface area contributed by atoms with Gasteiger partial charge in [-0.3, -0.25) is 9.59 Å². The van der Waals surface area contributed by atoms with Crippen LogP contribution in [0.1, 0.15) is 18.9 Å². The Morgan fingerprint density at radius 1 is 1.03 bits per heavy atom. The van der Waals surface area contributed by atoms with Crippen molar-refractivity contribution in [2.45, 2.75) is 13.3 Å². The molecule has 8 heteroatoms. The summed E-state index contributed by atoms with van der Waals surface area (Å²) in [6, 6.07) is 9.58. The van der Waals surface area contributed by atoms with Gasteiger partial charge >= 0.3 is 0 Å². The SMILES string of the molecule is CCCOc1ccc(C2=C(SCCO)C(=O)N(c3ccc(F)c(F)c3)C2=O)cc1. The van der Waals surface area contributed by atoms with Gasteiger partial charge in [0.05, 0.1) is 29.4 Å². The lowest BCUT2D eigenvalue weighted by Gasteiger charge is -2.15. The number of carbonyl (C=O) groups excluding carboxylic acids is 2. The number of halogens is 2. The zero-order chi connectivity index (χ0) is 21.0. The van der Waals surface area contributed by atoms with Crippen LogP contribution in [-0.2, 0) is 9.59 Å². The molecule has 1 heterocycles. The van der Waals surface area contributed by atoms with E-state index in [1.54, 1.807) is 24.3 Å². The second-order valence-electron chi connectivity index (χ2n) is 6.19. The molecular weight excluding hydrogens is 400 g/mol. The monoisotopic (exact) mass is 419 g/mol. The van der Waals surface area contributed by atoms with Crippen molar-refractivity contribution in [1.82, 2.24) is 0 Å². The summed E-state index contributed by atoms with van der Waals surface area (Å²) < 4.78 is 32.5.